The summed E-state index contributed by atoms with van der Waals surface area (Å²) in [6, 6.07) is 15.3. The fourth-order valence-corrected chi connectivity index (χ4v) is 4.57. The van der Waals surface area contributed by atoms with Crippen LogP contribution in [0.4, 0.5) is 0 Å². The number of nitrogens with zero attached hydrogens (tertiary/aromatic N) is 1. The molecule has 34 heavy (non-hydrogen) atoms. The third-order valence-electron chi connectivity index (χ3n) is 6.30. The molecule has 4 rings (SSSR count). The number of aliphatic hydroxyl groups excluding tert-OH is 2. The van der Waals surface area contributed by atoms with Crippen molar-refractivity contribution in [2.75, 3.05) is 19.8 Å². The number of aliphatic hydroxyl groups is 2. The number of rotatable bonds is 9. The Bertz CT molecular complexity index is 987. The molecule has 182 valence electrons. The molecule has 0 unspecified atom stereocenters. The Labute approximate surface area is 208 Å². The first-order valence-corrected chi connectivity index (χ1v) is 12.6. The van der Waals surface area contributed by atoms with Crippen molar-refractivity contribution in [2.45, 2.75) is 56.2 Å². The van der Waals surface area contributed by atoms with Crippen LogP contribution in [0.3, 0.4) is 0 Å². The molecule has 0 aromatic heterocycles. The first kappa shape index (κ1) is 24.7. The standard InChI is InChI=1S/C26H31BrN2O5/c27-20-6-2-18(3-7-20)16-26(25(32)28-21-8-10-22(31)11-9-21)17-34-24(29-26)19-4-12-23(13-5-19)33-15-1-14-30/h2-7,12-13,21-22,30-31H,1,8-11,14-17H2,(H,28,32)/t21?,22?,26-/m1/s1. The maximum Gasteiger partial charge on any atom is 0.252 e. The van der Waals surface area contributed by atoms with Crippen LogP contribution in [0.25, 0.3) is 0 Å². The van der Waals surface area contributed by atoms with Gasteiger partial charge in [-0.05, 0) is 67.6 Å². The molecule has 3 N–H and O–H groups in total. The van der Waals surface area contributed by atoms with Crippen LogP contribution in [0.1, 0.15) is 43.2 Å². The molecule has 1 amide bonds. The highest BCUT2D eigenvalue weighted by Gasteiger charge is 2.45. The number of carbonyl (C=O) groups is 1. The molecule has 1 saturated carbocycles. The Morgan fingerprint density at radius 1 is 1.12 bits per heavy atom. The third kappa shape index (κ3) is 6.17. The van der Waals surface area contributed by atoms with Gasteiger partial charge < -0.3 is 25.0 Å². The Balaban J connectivity index is 1.54. The molecule has 2 aromatic carbocycles. The van der Waals surface area contributed by atoms with Crippen LogP contribution in [0.15, 0.2) is 58.0 Å². The third-order valence-corrected chi connectivity index (χ3v) is 6.83. The second-order valence-electron chi connectivity index (χ2n) is 8.97. The topological polar surface area (TPSA) is 100 Å². The van der Waals surface area contributed by atoms with Gasteiger partial charge in [0.25, 0.3) is 5.91 Å². The highest BCUT2D eigenvalue weighted by molar-refractivity contribution is 9.10. The van der Waals surface area contributed by atoms with Gasteiger partial charge in [0, 0.05) is 35.5 Å². The van der Waals surface area contributed by atoms with Gasteiger partial charge in [-0.25, -0.2) is 4.99 Å². The van der Waals surface area contributed by atoms with Crippen LogP contribution in [-0.2, 0) is 16.0 Å². The zero-order chi connectivity index (χ0) is 24.0. The Morgan fingerprint density at radius 3 is 2.50 bits per heavy atom. The molecule has 1 aliphatic heterocycles. The number of amides is 1. The van der Waals surface area contributed by atoms with E-state index in [0.717, 1.165) is 28.4 Å². The van der Waals surface area contributed by atoms with Crippen LogP contribution in [0, 0.1) is 0 Å². The Kier molecular flexibility index (Phi) is 8.24. The van der Waals surface area contributed by atoms with Gasteiger partial charge in [-0.3, -0.25) is 4.79 Å². The van der Waals surface area contributed by atoms with E-state index in [1.165, 1.54) is 0 Å². The summed E-state index contributed by atoms with van der Waals surface area (Å²) >= 11 is 3.46. The van der Waals surface area contributed by atoms with Gasteiger partial charge in [-0.15, -0.1) is 0 Å². The molecule has 0 bridgehead atoms. The summed E-state index contributed by atoms with van der Waals surface area (Å²) in [6.07, 6.45) is 3.64. The molecule has 8 heteroatoms. The van der Waals surface area contributed by atoms with Crippen molar-refractivity contribution in [3.8, 4) is 5.75 Å². The Hall–Kier alpha value is -2.42. The van der Waals surface area contributed by atoms with Crippen LogP contribution in [0.5, 0.6) is 5.75 Å². The number of nitrogens with one attached hydrogen (secondary N) is 1. The van der Waals surface area contributed by atoms with Crippen molar-refractivity contribution in [3.63, 3.8) is 0 Å². The number of aliphatic imine (C=N–C) groups is 1. The largest absolute Gasteiger partial charge is 0.494 e. The molecular formula is C26H31BrN2O5. The fraction of sp³-hybridized carbons (Fsp3) is 0.462. The summed E-state index contributed by atoms with van der Waals surface area (Å²) in [5, 5.41) is 21.9. The van der Waals surface area contributed by atoms with Crippen LogP contribution < -0.4 is 10.1 Å². The lowest BCUT2D eigenvalue weighted by Crippen LogP contribution is -2.52. The zero-order valence-corrected chi connectivity index (χ0v) is 20.7. The van der Waals surface area contributed by atoms with Crippen molar-refractivity contribution in [1.29, 1.82) is 0 Å². The average molecular weight is 531 g/mol. The number of hydrogen-bond acceptors (Lipinski definition) is 6. The smallest absolute Gasteiger partial charge is 0.252 e. The monoisotopic (exact) mass is 530 g/mol. The molecule has 7 nitrogen and oxygen atoms in total. The van der Waals surface area contributed by atoms with Crippen LogP contribution in [-0.4, -0.2) is 59.5 Å². The van der Waals surface area contributed by atoms with Crippen molar-refractivity contribution in [3.05, 3.63) is 64.1 Å². The van der Waals surface area contributed by atoms with E-state index in [2.05, 4.69) is 21.2 Å². The molecule has 1 fully saturated rings. The molecule has 1 heterocycles. The minimum atomic E-state index is -1.06. The Morgan fingerprint density at radius 2 is 1.82 bits per heavy atom. The zero-order valence-electron chi connectivity index (χ0n) is 19.1. The quantitative estimate of drug-likeness (QED) is 0.431. The number of benzene rings is 2. The maximum absolute atomic E-state index is 13.6. The van der Waals surface area contributed by atoms with Crippen LogP contribution in [0.2, 0.25) is 0 Å². The summed E-state index contributed by atoms with van der Waals surface area (Å²) in [5.41, 5.74) is 0.717. The van der Waals surface area contributed by atoms with E-state index in [0.29, 0.717) is 43.9 Å². The first-order valence-electron chi connectivity index (χ1n) is 11.8. The minimum absolute atomic E-state index is 0.0345. The number of carbonyl (C=O) groups excluding carboxylic acids is 1. The minimum Gasteiger partial charge on any atom is -0.494 e. The van der Waals surface area contributed by atoms with Crippen molar-refractivity contribution in [2.24, 2.45) is 4.99 Å². The molecular weight excluding hydrogens is 500 g/mol. The summed E-state index contributed by atoms with van der Waals surface area (Å²) < 4.78 is 12.6. The fourth-order valence-electron chi connectivity index (χ4n) is 4.31. The lowest BCUT2D eigenvalue weighted by Gasteiger charge is -2.30. The maximum atomic E-state index is 13.6. The molecule has 0 spiro atoms. The van der Waals surface area contributed by atoms with E-state index in [4.69, 9.17) is 19.6 Å². The lowest BCUT2D eigenvalue weighted by atomic mass is 9.89. The van der Waals surface area contributed by atoms with Gasteiger partial charge >= 0.3 is 0 Å². The number of hydrogen-bond donors (Lipinski definition) is 3. The first-order chi connectivity index (χ1) is 16.5. The summed E-state index contributed by atoms with van der Waals surface area (Å²) in [6.45, 7) is 0.697. The highest BCUT2D eigenvalue weighted by Crippen LogP contribution is 2.29. The van der Waals surface area contributed by atoms with Gasteiger partial charge in [-0.1, -0.05) is 28.1 Å². The van der Waals surface area contributed by atoms with E-state index in [-0.39, 0.29) is 31.3 Å². The van der Waals surface area contributed by atoms with E-state index in [1.54, 1.807) is 0 Å². The van der Waals surface area contributed by atoms with Gasteiger partial charge in [0.2, 0.25) is 5.90 Å². The van der Waals surface area contributed by atoms with Gasteiger partial charge in [-0.2, -0.15) is 0 Å². The molecule has 2 aliphatic rings. The second-order valence-corrected chi connectivity index (χ2v) is 9.89. The van der Waals surface area contributed by atoms with E-state index >= 15 is 0 Å². The second kappa shape index (κ2) is 11.3. The van der Waals surface area contributed by atoms with Crippen molar-refractivity contribution < 1.29 is 24.5 Å². The molecule has 0 radical (unpaired) electrons. The summed E-state index contributed by atoms with van der Waals surface area (Å²) in [4.78, 5) is 18.4. The van der Waals surface area contributed by atoms with E-state index < -0.39 is 5.54 Å². The number of ether oxygens (including phenoxy) is 2. The highest BCUT2D eigenvalue weighted by atomic mass is 79.9. The van der Waals surface area contributed by atoms with Gasteiger partial charge in [0.15, 0.2) is 5.54 Å². The molecule has 1 atom stereocenters. The normalized spacial score (nSPS) is 24.3. The summed E-state index contributed by atoms with van der Waals surface area (Å²) in [7, 11) is 0. The van der Waals surface area contributed by atoms with Crippen molar-refractivity contribution >= 4 is 27.7 Å². The summed E-state index contributed by atoms with van der Waals surface area (Å²) in [5.74, 6) is 0.998. The molecule has 2 aromatic rings. The van der Waals surface area contributed by atoms with Gasteiger partial charge in [0.05, 0.1) is 12.7 Å². The SMILES string of the molecule is O=C(NC1CCC(O)CC1)[C@@]1(Cc2ccc(Br)cc2)COC(c2ccc(OCCCO)cc2)=N1. The number of halogens is 1. The predicted octanol–water partition coefficient (Wildman–Crippen LogP) is 3.39. The van der Waals surface area contributed by atoms with Crippen molar-refractivity contribution in [1.82, 2.24) is 5.32 Å². The lowest BCUT2D eigenvalue weighted by molar-refractivity contribution is -0.127. The van der Waals surface area contributed by atoms with Gasteiger partial charge in [0.1, 0.15) is 12.4 Å². The van der Waals surface area contributed by atoms with E-state index in [1.807, 2.05) is 48.5 Å². The van der Waals surface area contributed by atoms with Crippen LogP contribution >= 0.6 is 15.9 Å². The molecule has 0 saturated heterocycles. The average Bonchev–Trinajstić information content (AvgIpc) is 3.28. The van der Waals surface area contributed by atoms with E-state index in [9.17, 15) is 9.90 Å². The predicted molar refractivity (Wildman–Crippen MR) is 133 cm³/mol. The molecule has 1 aliphatic carbocycles.